The lowest BCUT2D eigenvalue weighted by Gasteiger charge is -2.30. The number of alkyl carbamates (subject to hydrolysis) is 2. The van der Waals surface area contributed by atoms with Crippen molar-refractivity contribution >= 4 is 101 Å². The number of sulfonamides is 2. The molecule has 7 N–H and O–H groups in total. The molecular weight excluding hydrogens is 1360 g/mol. The molecule has 2 aromatic heterocycles. The van der Waals surface area contributed by atoms with E-state index in [2.05, 4.69) is 47.6 Å². The average Bonchev–Trinajstić information content (AvgIpc) is 1.58. The molecule has 4 aliphatic heterocycles. The fourth-order valence-corrected chi connectivity index (χ4v) is 16.5. The number of allylic oxidation sites excluding steroid dienone is 2. The first kappa shape index (κ1) is 75.8. The minimum atomic E-state index is -3.87. The lowest BCUT2D eigenvalue weighted by atomic mass is 10.0. The van der Waals surface area contributed by atoms with Crippen molar-refractivity contribution < 1.29 is 74.5 Å². The summed E-state index contributed by atoms with van der Waals surface area (Å²) in [5, 5.41) is 20.7. The van der Waals surface area contributed by atoms with Crippen LogP contribution in [-0.4, -0.2) is 181 Å². The molecule has 10 atom stereocenters. The van der Waals surface area contributed by atoms with Crippen LogP contribution in [-0.2, 0) is 71.4 Å². The molecular formula is C70H97ClN12O16S2. The number of aromatic nitrogens is 4. The van der Waals surface area contributed by atoms with Gasteiger partial charge in [0.25, 0.3) is 17.8 Å². The van der Waals surface area contributed by atoms with E-state index in [0.29, 0.717) is 82.0 Å². The van der Waals surface area contributed by atoms with Crippen molar-refractivity contribution in [2.24, 2.45) is 11.8 Å². The number of benzene rings is 2. The number of hydrogen-bond donors (Lipinski definition) is 7. The van der Waals surface area contributed by atoms with Crippen LogP contribution in [0, 0.1) is 11.8 Å². The smallest absolute Gasteiger partial charge is 0.408 e. The Kier molecular flexibility index (Phi) is 23.3. The molecule has 4 aliphatic carbocycles. The average molecular weight is 1460 g/mol. The molecule has 101 heavy (non-hydrogen) atoms. The number of ether oxygens (including phenoxy) is 3. The third kappa shape index (κ3) is 18.7. The van der Waals surface area contributed by atoms with Crippen LogP contribution in [0.15, 0.2) is 72.8 Å². The summed E-state index contributed by atoms with van der Waals surface area (Å²) in [4.78, 5) is 120. The third-order valence-corrected chi connectivity index (χ3v) is 23.1. The molecule has 6 fully saturated rings. The molecule has 6 heterocycles. The van der Waals surface area contributed by atoms with Crippen LogP contribution in [0.1, 0.15) is 171 Å². The summed E-state index contributed by atoms with van der Waals surface area (Å²) >= 11 is 5.92. The van der Waals surface area contributed by atoms with Crippen LogP contribution in [0.3, 0.4) is 0 Å². The maximum absolute atomic E-state index is 14.4. The molecule has 0 bridgehead atoms. The summed E-state index contributed by atoms with van der Waals surface area (Å²) in [6.45, 7) is 15.7. The number of rotatable bonds is 12. The zero-order valence-electron chi connectivity index (χ0n) is 58.7. The first-order valence-electron chi connectivity index (χ1n) is 35.4. The number of amides is 8. The summed E-state index contributed by atoms with van der Waals surface area (Å²) < 4.78 is 76.0. The van der Waals surface area contributed by atoms with Gasteiger partial charge in [-0.15, -0.1) is 0 Å². The Morgan fingerprint density at radius 1 is 0.604 bits per heavy atom. The van der Waals surface area contributed by atoms with Gasteiger partial charge in [-0.05, 0) is 168 Å². The Hall–Kier alpha value is -7.83. The number of carbonyl (C=O) groups excluding carboxylic acids is 8. The Bertz CT molecular complexity index is 4070. The lowest BCUT2D eigenvalue weighted by Crippen LogP contribution is -2.58. The highest BCUT2D eigenvalue weighted by atomic mass is 35.5. The summed E-state index contributed by atoms with van der Waals surface area (Å²) in [5.74, 6) is -4.61. The number of nitrogens with one attached hydrogen (secondary N) is 6. The van der Waals surface area contributed by atoms with Crippen LogP contribution in [0.5, 0.6) is 6.01 Å². The zero-order chi connectivity index (χ0) is 73.0. The highest BCUT2D eigenvalue weighted by molar-refractivity contribution is 7.91. The van der Waals surface area contributed by atoms with Crippen LogP contribution in [0.25, 0.3) is 22.1 Å². The van der Waals surface area contributed by atoms with Gasteiger partial charge >= 0.3 is 12.2 Å². The Balaban J connectivity index is 0.000000190. The maximum atomic E-state index is 14.4. The largest absolute Gasteiger partial charge is 0.459 e. The van der Waals surface area contributed by atoms with Crippen LogP contribution < -0.4 is 35.4 Å². The second-order valence-electron chi connectivity index (χ2n) is 29.5. The van der Waals surface area contributed by atoms with E-state index in [1.807, 2.05) is 88.9 Å². The quantitative estimate of drug-likeness (QED) is 0.0712. The number of aryl methyl sites for hydroxylation is 2. The molecule has 552 valence electrons. The highest BCUT2D eigenvalue weighted by Gasteiger charge is 2.64. The van der Waals surface area contributed by atoms with Gasteiger partial charge in [0.05, 0.1) is 45.2 Å². The van der Waals surface area contributed by atoms with Crippen molar-refractivity contribution in [3.8, 4) is 6.01 Å². The molecule has 4 aromatic rings. The van der Waals surface area contributed by atoms with Gasteiger partial charge in [0.1, 0.15) is 52.6 Å². The number of imidazole rings is 2. The number of nitrogens with zero attached hydrogens (tertiary/aromatic N) is 6. The number of carbonyl (C=O) groups is 8. The van der Waals surface area contributed by atoms with E-state index < -0.39 is 149 Å². The molecule has 2 aromatic carbocycles. The van der Waals surface area contributed by atoms with Crippen LogP contribution in [0.2, 0.25) is 5.28 Å². The molecule has 31 heteroatoms. The Morgan fingerprint density at radius 2 is 1.04 bits per heavy atom. The van der Waals surface area contributed by atoms with E-state index in [1.165, 1.54) is 9.80 Å². The second-order valence-corrected chi connectivity index (χ2v) is 33.8. The van der Waals surface area contributed by atoms with Crippen molar-refractivity contribution in [1.29, 1.82) is 0 Å². The molecule has 28 nitrogen and oxygen atoms in total. The predicted molar refractivity (Wildman–Crippen MR) is 375 cm³/mol. The SMILES string of the molecule is CC(C)(C)OC(=O)N[C@H]1CCCCC/C=C\[C@@H]2C[C@@]2(C(=O)NS(=O)(=O)C2CC2)NC(=O)[C@@H]2C[C@@H](O)CN2C1=O.CCn1c(Cl)nc2ccccc21.CCn1c(O[C@@H]2C[C@H]3C(=O)N[C@]4(C(=O)NS(=O)(=O)C5CC5)C[C@H]4/C=C\CCCCC[C@H](NC(=O)OC(C)(C)C)C(=O)N3C2)nc2ccccc21. The molecule has 8 amide bonds. The first-order valence-corrected chi connectivity index (χ1v) is 38.8. The van der Waals surface area contributed by atoms with Gasteiger partial charge in [0, 0.05) is 44.3 Å². The minimum Gasteiger partial charge on any atom is -0.459 e. The normalized spacial score (nSPS) is 28.1. The number of hydrogen-bond acceptors (Lipinski definition) is 18. The second kappa shape index (κ2) is 31.0. The molecule has 12 rings (SSSR count). The van der Waals surface area contributed by atoms with Gasteiger partial charge in [-0.2, -0.15) is 4.98 Å². The van der Waals surface area contributed by atoms with Gasteiger partial charge in [-0.25, -0.2) is 31.4 Å². The maximum Gasteiger partial charge on any atom is 0.408 e. The van der Waals surface area contributed by atoms with E-state index in [1.54, 1.807) is 41.5 Å². The molecule has 0 unspecified atom stereocenters. The summed E-state index contributed by atoms with van der Waals surface area (Å²) in [6.07, 6.45) is 13.4. The topological polar surface area (TPSA) is 367 Å². The number of halogens is 1. The number of fused-ring (bicyclic) bond motifs is 6. The van der Waals surface area contributed by atoms with E-state index >= 15 is 0 Å². The highest BCUT2D eigenvalue weighted by Crippen LogP contribution is 2.48. The van der Waals surface area contributed by atoms with Gasteiger partial charge in [-0.3, -0.25) is 42.8 Å². The Labute approximate surface area is 594 Å². The minimum absolute atomic E-state index is 0.0227. The van der Waals surface area contributed by atoms with E-state index in [9.17, 15) is 60.3 Å². The number of para-hydroxylation sites is 4. The molecule has 8 aliphatic rings. The van der Waals surface area contributed by atoms with Crippen molar-refractivity contribution in [2.45, 2.75) is 253 Å². The van der Waals surface area contributed by atoms with Crippen molar-refractivity contribution in [3.05, 3.63) is 78.1 Å². The fraction of sp³-hybridized carbons (Fsp3) is 0.629. The molecule has 0 spiro atoms. The van der Waals surface area contributed by atoms with Gasteiger partial charge in [0.15, 0.2) is 0 Å². The molecule has 4 saturated carbocycles. The third-order valence-electron chi connectivity index (χ3n) is 19.2. The fourth-order valence-electron chi connectivity index (χ4n) is 13.5. The number of aliphatic hydroxyl groups excluding tert-OH is 1. The first-order chi connectivity index (χ1) is 47.7. The zero-order valence-corrected chi connectivity index (χ0v) is 61.1. The number of aliphatic hydroxyl groups is 1. The summed E-state index contributed by atoms with van der Waals surface area (Å²) in [7, 11) is -7.70. The van der Waals surface area contributed by atoms with Crippen LogP contribution in [0.4, 0.5) is 9.59 Å². The Morgan fingerprint density at radius 3 is 1.50 bits per heavy atom. The lowest BCUT2D eigenvalue weighted by molar-refractivity contribution is -0.141. The van der Waals surface area contributed by atoms with E-state index in [4.69, 9.17) is 25.8 Å². The summed E-state index contributed by atoms with van der Waals surface area (Å²) in [6, 6.07) is 11.8. The van der Waals surface area contributed by atoms with Gasteiger partial charge in [-0.1, -0.05) is 74.3 Å². The van der Waals surface area contributed by atoms with Crippen molar-refractivity contribution in [1.82, 2.24) is 59.6 Å². The van der Waals surface area contributed by atoms with E-state index in [0.717, 1.165) is 54.3 Å². The van der Waals surface area contributed by atoms with Crippen molar-refractivity contribution in [2.75, 3.05) is 13.1 Å². The standard InChI is InChI=1S/C35H48N6O8S.C26H40N4O8S.C9H9ClN2/c1-5-40-27-16-12-11-14-25(27)36-32(40)48-23-19-28-29(42)38-35(31(44)39-50(46,47)24-17-18-24)20-22(35)13-9-7-6-8-10-15-26(30(43)41(28)21-23)37-33(45)49-34(2,3)4;1-25(2,3)38-24(35)27-19-10-8-6-4-5-7-9-16-14-26(16,23(34)29-39(36,37)18-11-12-18)28-21(32)20-13-17(31)15-30(20)22(19)33;1-2-12-8-6-4-3-5-7(8)11-9(12)10/h9,11-14,16,22-24,26,28H,5-8,10,15,17-21H2,1-4H3,(H,37,45)(H,38,42)(H,39,44);7,9,16-20,31H,4-6,8,10-15H2,1-3H3,(H,27,35)(H,28,32)(H,29,34);3-6H,2H2,1H3/b13-9-;9-7-;/t22-,23-,26+,28+,35-;16-,17-,19+,20+,26-;/m11./s1. The summed E-state index contributed by atoms with van der Waals surface area (Å²) in [5.41, 5.74) is -0.797. The van der Waals surface area contributed by atoms with Gasteiger partial charge in [0.2, 0.25) is 49.0 Å². The molecule has 2 saturated heterocycles. The molecule has 0 radical (unpaired) electrons. The predicted octanol–water partition coefficient (Wildman–Crippen LogP) is 6.86. The van der Waals surface area contributed by atoms with Crippen molar-refractivity contribution in [3.63, 3.8) is 0 Å². The van der Waals surface area contributed by atoms with Gasteiger partial charge < -0.3 is 55.0 Å². The van der Waals surface area contributed by atoms with E-state index in [-0.39, 0.29) is 38.8 Å². The monoisotopic (exact) mass is 1460 g/mol. The van der Waals surface area contributed by atoms with Crippen LogP contribution >= 0.6 is 11.6 Å².